The van der Waals surface area contributed by atoms with Gasteiger partial charge in [-0.25, -0.2) is 4.98 Å². The highest BCUT2D eigenvalue weighted by Crippen LogP contribution is 2.29. The summed E-state index contributed by atoms with van der Waals surface area (Å²) in [5.41, 5.74) is 6.35. The van der Waals surface area contributed by atoms with E-state index < -0.39 is 0 Å². The molecule has 0 saturated carbocycles. The molecule has 0 aromatic carbocycles. The van der Waals surface area contributed by atoms with Crippen molar-refractivity contribution in [2.24, 2.45) is 0 Å². The minimum absolute atomic E-state index is 0.0216. The van der Waals surface area contributed by atoms with Gasteiger partial charge in [0.2, 0.25) is 0 Å². The van der Waals surface area contributed by atoms with E-state index in [0.717, 1.165) is 5.69 Å². The van der Waals surface area contributed by atoms with Crippen molar-refractivity contribution in [1.82, 2.24) is 9.88 Å². The highest BCUT2D eigenvalue weighted by Gasteiger charge is 2.40. The van der Waals surface area contributed by atoms with Crippen LogP contribution in [-0.4, -0.2) is 40.1 Å². The summed E-state index contributed by atoms with van der Waals surface area (Å²) in [6.45, 7) is 11.0. The zero-order chi connectivity index (χ0) is 15.1. The van der Waals surface area contributed by atoms with Gasteiger partial charge in [0.15, 0.2) is 0 Å². The van der Waals surface area contributed by atoms with Gasteiger partial charge in [-0.15, -0.1) is 0 Å². The van der Waals surface area contributed by atoms with Gasteiger partial charge >= 0.3 is 0 Å². The van der Waals surface area contributed by atoms with Crippen LogP contribution in [0.2, 0.25) is 0 Å². The first-order chi connectivity index (χ1) is 9.08. The van der Waals surface area contributed by atoms with E-state index in [0.29, 0.717) is 24.5 Å². The molecule has 1 saturated heterocycles. The van der Waals surface area contributed by atoms with Gasteiger partial charge in [0.05, 0.1) is 11.2 Å². The molecular weight excluding hydrogens is 254 g/mol. The van der Waals surface area contributed by atoms with Gasteiger partial charge < -0.3 is 15.4 Å². The van der Waals surface area contributed by atoms with Gasteiger partial charge in [0.25, 0.3) is 5.91 Å². The van der Waals surface area contributed by atoms with Crippen molar-refractivity contribution in [1.29, 1.82) is 0 Å². The monoisotopic (exact) mass is 277 g/mol. The summed E-state index contributed by atoms with van der Waals surface area (Å²) in [6.07, 6.45) is 0. The normalized spacial score (nSPS) is 20.8. The van der Waals surface area contributed by atoms with E-state index in [1.165, 1.54) is 0 Å². The van der Waals surface area contributed by atoms with Crippen molar-refractivity contribution in [2.75, 3.05) is 18.8 Å². The van der Waals surface area contributed by atoms with Gasteiger partial charge in [-0.1, -0.05) is 0 Å². The molecule has 5 nitrogen and oxygen atoms in total. The topological polar surface area (TPSA) is 68.5 Å². The van der Waals surface area contributed by atoms with Gasteiger partial charge in [0, 0.05) is 24.3 Å². The van der Waals surface area contributed by atoms with Gasteiger partial charge in [0.1, 0.15) is 5.82 Å². The summed E-state index contributed by atoms with van der Waals surface area (Å²) in [6, 6.07) is 3.40. The summed E-state index contributed by atoms with van der Waals surface area (Å²) in [5, 5.41) is 0. The number of nitrogens with zero attached hydrogens (tertiary/aromatic N) is 2. The Labute approximate surface area is 120 Å². The van der Waals surface area contributed by atoms with Crippen LogP contribution in [-0.2, 0) is 4.74 Å². The minimum Gasteiger partial charge on any atom is -0.384 e. The lowest BCUT2D eigenvalue weighted by Gasteiger charge is -2.47. The number of morpholine rings is 1. The Bertz CT molecular complexity index is 502. The first-order valence-corrected chi connectivity index (χ1v) is 6.82. The minimum atomic E-state index is -0.356. The molecule has 0 unspecified atom stereocenters. The number of ether oxygens (including phenoxy) is 1. The van der Waals surface area contributed by atoms with Crippen molar-refractivity contribution in [2.45, 2.75) is 45.8 Å². The number of nitrogens with two attached hydrogens (primary N) is 1. The first-order valence-electron chi connectivity index (χ1n) is 6.82. The summed E-state index contributed by atoms with van der Waals surface area (Å²) in [7, 11) is 0. The van der Waals surface area contributed by atoms with Crippen molar-refractivity contribution in [3.63, 3.8) is 0 Å². The molecule has 0 bridgehead atoms. The van der Waals surface area contributed by atoms with E-state index in [9.17, 15) is 4.79 Å². The molecule has 0 radical (unpaired) electrons. The smallest absolute Gasteiger partial charge is 0.254 e. The maximum absolute atomic E-state index is 12.7. The maximum atomic E-state index is 12.7. The van der Waals surface area contributed by atoms with Gasteiger partial charge in [-0.05, 0) is 46.8 Å². The molecule has 0 atom stereocenters. The molecule has 2 heterocycles. The molecule has 1 amide bonds. The highest BCUT2D eigenvalue weighted by atomic mass is 16.5. The molecule has 2 rings (SSSR count). The van der Waals surface area contributed by atoms with Crippen LogP contribution >= 0.6 is 0 Å². The quantitative estimate of drug-likeness (QED) is 0.852. The number of carbonyl (C=O) groups excluding carboxylic acids is 1. The molecule has 2 N–H and O–H groups in total. The Morgan fingerprint density at radius 2 is 1.80 bits per heavy atom. The molecule has 20 heavy (non-hydrogen) atoms. The average Bonchev–Trinajstić information content (AvgIpc) is 2.22. The second-order valence-corrected chi connectivity index (χ2v) is 6.70. The van der Waals surface area contributed by atoms with Crippen LogP contribution in [0.3, 0.4) is 0 Å². The van der Waals surface area contributed by atoms with Crippen LogP contribution in [0.1, 0.15) is 43.7 Å². The van der Waals surface area contributed by atoms with Crippen LogP contribution in [0.15, 0.2) is 12.1 Å². The third-order valence-electron chi connectivity index (χ3n) is 3.20. The zero-order valence-corrected chi connectivity index (χ0v) is 12.9. The number of hydrogen-bond donors (Lipinski definition) is 1. The van der Waals surface area contributed by atoms with Crippen molar-refractivity contribution < 1.29 is 9.53 Å². The van der Waals surface area contributed by atoms with Gasteiger partial charge in [-0.2, -0.15) is 0 Å². The molecular formula is C15H23N3O2. The third kappa shape index (κ3) is 3.28. The SMILES string of the molecule is Cc1cc(C(=O)N2CC(C)(C)OC(C)(C)C2)cc(N)n1. The fourth-order valence-electron chi connectivity index (χ4n) is 2.93. The molecule has 0 aliphatic carbocycles. The Morgan fingerprint density at radius 1 is 1.25 bits per heavy atom. The van der Waals surface area contributed by atoms with Crippen molar-refractivity contribution in [3.8, 4) is 0 Å². The molecule has 1 aliphatic heterocycles. The molecule has 110 valence electrons. The molecule has 1 fully saturated rings. The van der Waals surface area contributed by atoms with Crippen LogP contribution in [0.5, 0.6) is 0 Å². The fraction of sp³-hybridized carbons (Fsp3) is 0.600. The maximum Gasteiger partial charge on any atom is 0.254 e. The van der Waals surface area contributed by atoms with Crippen LogP contribution in [0.25, 0.3) is 0 Å². The summed E-state index contributed by atoms with van der Waals surface area (Å²) >= 11 is 0. The molecule has 1 aromatic heterocycles. The van der Waals surface area contributed by atoms with Gasteiger partial charge in [-0.3, -0.25) is 4.79 Å². The fourth-order valence-corrected chi connectivity index (χ4v) is 2.93. The highest BCUT2D eigenvalue weighted by molar-refractivity contribution is 5.95. The standard InChI is InChI=1S/C15H23N3O2/c1-10-6-11(7-12(16)17-10)13(19)18-8-14(2,3)20-15(4,5)9-18/h6-7H,8-9H2,1-5H3,(H2,16,17). The number of nitrogen functional groups attached to an aromatic ring is 1. The lowest BCUT2D eigenvalue weighted by Crippen LogP contribution is -2.58. The lowest BCUT2D eigenvalue weighted by atomic mass is 9.98. The van der Waals surface area contributed by atoms with Crippen molar-refractivity contribution in [3.05, 3.63) is 23.4 Å². The number of anilines is 1. The Balaban J connectivity index is 2.28. The summed E-state index contributed by atoms with van der Waals surface area (Å²) in [5.74, 6) is 0.353. The lowest BCUT2D eigenvalue weighted by molar-refractivity contribution is -0.171. The van der Waals surface area contributed by atoms with Crippen LogP contribution in [0.4, 0.5) is 5.82 Å². The number of aromatic nitrogens is 1. The summed E-state index contributed by atoms with van der Waals surface area (Å²) < 4.78 is 5.99. The number of amides is 1. The molecule has 5 heteroatoms. The number of hydrogen-bond acceptors (Lipinski definition) is 4. The largest absolute Gasteiger partial charge is 0.384 e. The predicted octanol–water partition coefficient (Wildman–Crippen LogP) is 2.00. The van der Waals surface area contributed by atoms with Crippen LogP contribution < -0.4 is 5.73 Å². The second-order valence-electron chi connectivity index (χ2n) is 6.70. The first kappa shape index (κ1) is 14.8. The second kappa shape index (κ2) is 4.74. The predicted molar refractivity (Wildman–Crippen MR) is 78.5 cm³/mol. The molecule has 1 aliphatic rings. The number of rotatable bonds is 1. The Hall–Kier alpha value is -1.62. The number of carbonyl (C=O) groups is 1. The molecule has 0 spiro atoms. The Morgan fingerprint density at radius 3 is 2.30 bits per heavy atom. The molecule has 1 aromatic rings. The summed E-state index contributed by atoms with van der Waals surface area (Å²) in [4.78, 5) is 18.6. The van der Waals surface area contributed by atoms with E-state index in [-0.39, 0.29) is 17.1 Å². The number of pyridine rings is 1. The van der Waals surface area contributed by atoms with Crippen LogP contribution in [0, 0.1) is 6.92 Å². The van der Waals surface area contributed by atoms with E-state index in [1.54, 1.807) is 12.1 Å². The Kier molecular flexibility index (Phi) is 3.50. The van der Waals surface area contributed by atoms with E-state index in [2.05, 4.69) is 4.98 Å². The number of aryl methyl sites for hydroxylation is 1. The zero-order valence-electron chi connectivity index (χ0n) is 12.9. The average molecular weight is 277 g/mol. The van der Waals surface area contributed by atoms with E-state index >= 15 is 0 Å². The van der Waals surface area contributed by atoms with E-state index in [1.807, 2.05) is 39.5 Å². The third-order valence-corrected chi connectivity index (χ3v) is 3.20. The van der Waals surface area contributed by atoms with E-state index in [4.69, 9.17) is 10.5 Å². The van der Waals surface area contributed by atoms with Crippen molar-refractivity contribution >= 4 is 11.7 Å².